The molecule has 3 rings (SSSR count). The summed E-state index contributed by atoms with van der Waals surface area (Å²) in [6.07, 6.45) is 1.51. The molecule has 30 heavy (non-hydrogen) atoms. The number of para-hydroxylation sites is 1. The van der Waals surface area contributed by atoms with Gasteiger partial charge in [0, 0.05) is 10.9 Å². The van der Waals surface area contributed by atoms with Gasteiger partial charge in [-0.1, -0.05) is 36.4 Å². The molecule has 0 heterocycles. The van der Waals surface area contributed by atoms with E-state index in [-0.39, 0.29) is 5.69 Å². The molecule has 7 heteroatoms. The van der Waals surface area contributed by atoms with E-state index < -0.39 is 23.5 Å². The molecule has 1 atom stereocenters. The van der Waals surface area contributed by atoms with Gasteiger partial charge >= 0.3 is 0 Å². The zero-order valence-corrected chi connectivity index (χ0v) is 16.7. The topological polar surface area (TPSA) is 79.8 Å². The molecule has 1 unspecified atom stereocenters. The Hall–Kier alpha value is -3.74. The quantitative estimate of drug-likeness (QED) is 0.352. The molecule has 2 N–H and O–H groups in total. The molecule has 3 aromatic carbocycles. The van der Waals surface area contributed by atoms with Gasteiger partial charge in [0.15, 0.2) is 0 Å². The van der Waals surface area contributed by atoms with Crippen LogP contribution in [0.1, 0.15) is 19.4 Å². The molecule has 6 nitrogen and oxygen atoms in total. The second-order valence-electron chi connectivity index (χ2n) is 6.56. The lowest BCUT2D eigenvalue weighted by atomic mass is 10.0. The van der Waals surface area contributed by atoms with Crippen molar-refractivity contribution < 1.29 is 18.7 Å². The highest BCUT2D eigenvalue weighted by Crippen LogP contribution is 2.27. The van der Waals surface area contributed by atoms with Gasteiger partial charge in [0.2, 0.25) is 5.91 Å². The molecule has 0 fully saturated rings. The van der Waals surface area contributed by atoms with Crippen molar-refractivity contribution in [1.29, 1.82) is 0 Å². The Morgan fingerprint density at radius 2 is 1.73 bits per heavy atom. The van der Waals surface area contributed by atoms with Crippen molar-refractivity contribution in [1.82, 2.24) is 5.43 Å². The maximum Gasteiger partial charge on any atom is 0.252 e. The van der Waals surface area contributed by atoms with E-state index in [2.05, 4.69) is 15.8 Å². The van der Waals surface area contributed by atoms with E-state index in [4.69, 9.17) is 4.74 Å². The molecule has 0 spiro atoms. The highest BCUT2D eigenvalue weighted by molar-refractivity contribution is 6.07. The maximum absolute atomic E-state index is 13.7. The Morgan fingerprint density at radius 3 is 2.47 bits per heavy atom. The minimum Gasteiger partial charge on any atom is -0.493 e. The molecule has 0 aliphatic carbocycles. The van der Waals surface area contributed by atoms with Crippen molar-refractivity contribution in [3.05, 3.63) is 72.0 Å². The summed E-state index contributed by atoms with van der Waals surface area (Å²) in [7, 11) is 0. The van der Waals surface area contributed by atoms with Gasteiger partial charge in [0.05, 0.1) is 18.5 Å². The fourth-order valence-electron chi connectivity index (χ4n) is 2.87. The van der Waals surface area contributed by atoms with Crippen molar-refractivity contribution in [2.24, 2.45) is 11.0 Å². The highest BCUT2D eigenvalue weighted by Gasteiger charge is 2.22. The Bertz CT molecular complexity index is 1100. The molecule has 0 saturated heterocycles. The van der Waals surface area contributed by atoms with Gasteiger partial charge in [-0.3, -0.25) is 9.59 Å². The third-order valence-electron chi connectivity index (χ3n) is 4.51. The number of hydrogen-bond donors (Lipinski definition) is 2. The van der Waals surface area contributed by atoms with Crippen molar-refractivity contribution in [2.45, 2.75) is 13.8 Å². The predicted molar refractivity (Wildman–Crippen MR) is 115 cm³/mol. The smallest absolute Gasteiger partial charge is 0.252 e. The molecule has 3 aromatic rings. The van der Waals surface area contributed by atoms with Gasteiger partial charge in [-0.2, -0.15) is 5.10 Å². The number of nitrogens with zero attached hydrogens (tertiary/aromatic N) is 1. The minimum absolute atomic E-state index is 0.0199. The first-order valence-electron chi connectivity index (χ1n) is 9.54. The number of nitrogens with one attached hydrogen (secondary N) is 2. The van der Waals surface area contributed by atoms with Gasteiger partial charge in [0.25, 0.3) is 5.91 Å². The average Bonchev–Trinajstić information content (AvgIpc) is 2.76. The number of anilines is 1. The zero-order chi connectivity index (χ0) is 21.5. The number of fused-ring (bicyclic) bond motifs is 1. The van der Waals surface area contributed by atoms with E-state index in [1.165, 1.54) is 31.3 Å². The molecule has 0 aromatic heterocycles. The first-order chi connectivity index (χ1) is 14.5. The van der Waals surface area contributed by atoms with Crippen molar-refractivity contribution in [3.8, 4) is 5.75 Å². The van der Waals surface area contributed by atoms with Gasteiger partial charge < -0.3 is 10.1 Å². The van der Waals surface area contributed by atoms with Crippen LogP contribution in [-0.4, -0.2) is 24.6 Å². The summed E-state index contributed by atoms with van der Waals surface area (Å²) in [5, 5.41) is 8.24. The number of hydrogen-bond acceptors (Lipinski definition) is 4. The average molecular weight is 407 g/mol. The number of benzene rings is 3. The van der Waals surface area contributed by atoms with E-state index in [9.17, 15) is 14.0 Å². The van der Waals surface area contributed by atoms with E-state index in [0.29, 0.717) is 6.61 Å². The maximum atomic E-state index is 13.7. The van der Waals surface area contributed by atoms with Crippen LogP contribution in [0.15, 0.2) is 65.8 Å². The second-order valence-corrected chi connectivity index (χ2v) is 6.56. The molecular formula is C23H22FN3O3. The number of amides is 2. The number of ether oxygens (including phenoxy) is 1. The minimum atomic E-state index is -1.06. The van der Waals surface area contributed by atoms with Crippen LogP contribution in [0, 0.1) is 11.7 Å². The van der Waals surface area contributed by atoms with E-state index in [1.807, 2.05) is 43.3 Å². The molecule has 0 aliphatic rings. The largest absolute Gasteiger partial charge is 0.493 e. The predicted octanol–water partition coefficient (Wildman–Crippen LogP) is 4.10. The number of hydrazone groups is 1. The standard InChI is InChI=1S/C23H22FN3O3/c1-3-30-21-13-12-16(17-8-4-5-9-18(17)21)14-25-27-23(29)15(2)22(28)26-20-11-7-6-10-19(20)24/h4-15H,3H2,1-2H3,(H,26,28)(H,27,29). The fourth-order valence-corrected chi connectivity index (χ4v) is 2.87. The SMILES string of the molecule is CCOc1ccc(C=NNC(=O)C(C)C(=O)Nc2ccccc2F)c2ccccc12. The summed E-state index contributed by atoms with van der Waals surface area (Å²) in [5.41, 5.74) is 3.17. The molecule has 0 saturated carbocycles. The molecule has 154 valence electrons. The number of rotatable bonds is 7. The highest BCUT2D eigenvalue weighted by atomic mass is 19.1. The van der Waals surface area contributed by atoms with Crippen LogP contribution >= 0.6 is 0 Å². The summed E-state index contributed by atoms with van der Waals surface area (Å²) in [5.74, 6) is -2.08. The summed E-state index contributed by atoms with van der Waals surface area (Å²) < 4.78 is 19.3. The monoisotopic (exact) mass is 407 g/mol. The lowest BCUT2D eigenvalue weighted by Gasteiger charge is -2.11. The first-order valence-corrected chi connectivity index (χ1v) is 9.54. The Labute approximate surface area is 173 Å². The van der Waals surface area contributed by atoms with Crippen molar-refractivity contribution in [2.75, 3.05) is 11.9 Å². The van der Waals surface area contributed by atoms with Gasteiger partial charge in [-0.05, 0) is 43.5 Å². The summed E-state index contributed by atoms with van der Waals surface area (Å²) in [4.78, 5) is 24.5. The molecule has 0 radical (unpaired) electrons. The third kappa shape index (κ3) is 4.81. The van der Waals surface area contributed by atoms with E-state index in [0.717, 1.165) is 22.1 Å². The number of carbonyl (C=O) groups is 2. The van der Waals surface area contributed by atoms with Crippen LogP contribution in [0.25, 0.3) is 10.8 Å². The van der Waals surface area contributed by atoms with Gasteiger partial charge in [-0.25, -0.2) is 9.82 Å². The third-order valence-corrected chi connectivity index (χ3v) is 4.51. The summed E-state index contributed by atoms with van der Waals surface area (Å²) in [6.45, 7) is 3.90. The van der Waals surface area contributed by atoms with Crippen LogP contribution in [0.5, 0.6) is 5.75 Å². The van der Waals surface area contributed by atoms with Crippen LogP contribution in [-0.2, 0) is 9.59 Å². The van der Waals surface area contributed by atoms with E-state index in [1.54, 1.807) is 6.07 Å². The normalized spacial score (nSPS) is 12.0. The van der Waals surface area contributed by atoms with E-state index >= 15 is 0 Å². The number of carbonyl (C=O) groups excluding carboxylic acids is 2. The lowest BCUT2D eigenvalue weighted by Crippen LogP contribution is -2.34. The number of halogens is 1. The van der Waals surface area contributed by atoms with Crippen molar-refractivity contribution >= 4 is 34.5 Å². The zero-order valence-electron chi connectivity index (χ0n) is 16.7. The first kappa shape index (κ1) is 21.0. The van der Waals surface area contributed by atoms with Crippen LogP contribution in [0.4, 0.5) is 10.1 Å². The van der Waals surface area contributed by atoms with Crippen LogP contribution < -0.4 is 15.5 Å². The Kier molecular flexibility index (Phi) is 6.75. The molecule has 0 aliphatic heterocycles. The van der Waals surface area contributed by atoms with Crippen LogP contribution in [0.2, 0.25) is 0 Å². The van der Waals surface area contributed by atoms with Gasteiger partial charge in [-0.15, -0.1) is 0 Å². The Balaban J connectivity index is 1.67. The molecule has 2 amide bonds. The fraction of sp³-hybridized carbons (Fsp3) is 0.174. The lowest BCUT2D eigenvalue weighted by molar-refractivity contribution is -0.131. The summed E-state index contributed by atoms with van der Waals surface area (Å²) in [6, 6.07) is 17.2. The summed E-state index contributed by atoms with van der Waals surface area (Å²) >= 11 is 0. The second kappa shape index (κ2) is 9.65. The Morgan fingerprint density at radius 1 is 1.03 bits per heavy atom. The van der Waals surface area contributed by atoms with Gasteiger partial charge in [0.1, 0.15) is 17.5 Å². The van der Waals surface area contributed by atoms with Crippen LogP contribution in [0.3, 0.4) is 0 Å². The van der Waals surface area contributed by atoms with Crippen molar-refractivity contribution in [3.63, 3.8) is 0 Å². The molecular weight excluding hydrogens is 385 g/mol. The molecule has 0 bridgehead atoms.